The van der Waals surface area contributed by atoms with Crippen LogP contribution in [0.2, 0.25) is 0 Å². The lowest BCUT2D eigenvalue weighted by Crippen LogP contribution is -2.31. The van der Waals surface area contributed by atoms with Crippen molar-refractivity contribution in [3.8, 4) is 0 Å². The van der Waals surface area contributed by atoms with Crippen LogP contribution in [0.1, 0.15) is 20.8 Å². The zero-order chi connectivity index (χ0) is 12.3. The van der Waals surface area contributed by atoms with Gasteiger partial charge in [-0.15, -0.1) is 0 Å². The Labute approximate surface area is 102 Å². The summed E-state index contributed by atoms with van der Waals surface area (Å²) in [5.41, 5.74) is -1.03. The molecule has 0 saturated heterocycles. The molecule has 0 aliphatic carbocycles. The third-order valence-electron chi connectivity index (χ3n) is 1.54. The largest absolute Gasteiger partial charge is 0.459 e. The van der Waals surface area contributed by atoms with E-state index in [0.29, 0.717) is 4.47 Å². The number of aromatic nitrogens is 2. The van der Waals surface area contributed by atoms with Crippen molar-refractivity contribution >= 4 is 21.9 Å². The number of halogens is 1. The summed E-state index contributed by atoms with van der Waals surface area (Å²) in [7, 11) is 0. The van der Waals surface area contributed by atoms with Gasteiger partial charge < -0.3 is 4.74 Å². The lowest BCUT2D eigenvalue weighted by molar-refractivity contribution is -0.155. The van der Waals surface area contributed by atoms with E-state index in [2.05, 4.69) is 20.9 Å². The number of hydrogen-bond acceptors (Lipinski definition) is 4. The van der Waals surface area contributed by atoms with Gasteiger partial charge in [0.1, 0.15) is 12.1 Å². The first-order valence-electron chi connectivity index (χ1n) is 4.72. The molecule has 1 aromatic rings. The molecule has 1 aromatic heterocycles. The lowest BCUT2D eigenvalue weighted by atomic mass is 10.2. The molecule has 1 heterocycles. The minimum atomic E-state index is -0.555. The molecule has 0 bridgehead atoms. The van der Waals surface area contributed by atoms with Crippen molar-refractivity contribution in [1.29, 1.82) is 0 Å². The summed E-state index contributed by atoms with van der Waals surface area (Å²) < 4.78 is 6.92. The molecule has 0 fully saturated rings. The van der Waals surface area contributed by atoms with Crippen molar-refractivity contribution in [3.05, 3.63) is 27.4 Å². The quantitative estimate of drug-likeness (QED) is 0.771. The second-order valence-electron chi connectivity index (χ2n) is 4.27. The molecule has 16 heavy (non-hydrogen) atoms. The first-order chi connectivity index (χ1) is 7.28. The average molecular weight is 289 g/mol. The van der Waals surface area contributed by atoms with E-state index in [4.69, 9.17) is 4.74 Å². The average Bonchev–Trinajstić information content (AvgIpc) is 2.08. The fourth-order valence-electron chi connectivity index (χ4n) is 1.05. The maximum atomic E-state index is 11.5. The van der Waals surface area contributed by atoms with Crippen molar-refractivity contribution in [2.45, 2.75) is 32.9 Å². The summed E-state index contributed by atoms with van der Waals surface area (Å²) in [4.78, 5) is 26.3. The Balaban J connectivity index is 2.77. The van der Waals surface area contributed by atoms with Crippen molar-refractivity contribution in [2.24, 2.45) is 0 Å². The molecule has 1 rings (SSSR count). The van der Waals surface area contributed by atoms with Crippen LogP contribution in [0, 0.1) is 0 Å². The Bertz CT molecular complexity index is 448. The van der Waals surface area contributed by atoms with Gasteiger partial charge in [-0.05, 0) is 36.7 Å². The van der Waals surface area contributed by atoms with Crippen LogP contribution in [0.25, 0.3) is 0 Å². The van der Waals surface area contributed by atoms with E-state index in [1.807, 2.05) is 0 Å². The van der Waals surface area contributed by atoms with Gasteiger partial charge in [-0.3, -0.25) is 9.36 Å². The van der Waals surface area contributed by atoms with Crippen LogP contribution >= 0.6 is 15.9 Å². The van der Waals surface area contributed by atoms with E-state index < -0.39 is 17.3 Å². The molecular formula is C10H13BrN2O3. The van der Waals surface area contributed by atoms with Crippen LogP contribution < -0.4 is 5.69 Å². The van der Waals surface area contributed by atoms with E-state index in [0.717, 1.165) is 0 Å². The van der Waals surface area contributed by atoms with Gasteiger partial charge in [-0.2, -0.15) is 0 Å². The molecule has 88 valence electrons. The van der Waals surface area contributed by atoms with Crippen LogP contribution in [0.3, 0.4) is 0 Å². The SMILES string of the molecule is CC(C)(C)OC(=O)Cn1cc(Br)cnc1=O. The van der Waals surface area contributed by atoms with Gasteiger partial charge in [-0.1, -0.05) is 0 Å². The molecule has 0 aromatic carbocycles. The molecular weight excluding hydrogens is 276 g/mol. The highest BCUT2D eigenvalue weighted by Gasteiger charge is 2.16. The van der Waals surface area contributed by atoms with Gasteiger partial charge in [0.2, 0.25) is 0 Å². The summed E-state index contributed by atoms with van der Waals surface area (Å²) >= 11 is 3.17. The molecule has 0 aliphatic rings. The highest BCUT2D eigenvalue weighted by atomic mass is 79.9. The summed E-state index contributed by atoms with van der Waals surface area (Å²) in [5, 5.41) is 0. The molecule has 0 aliphatic heterocycles. The first kappa shape index (κ1) is 12.9. The van der Waals surface area contributed by atoms with Crippen molar-refractivity contribution in [2.75, 3.05) is 0 Å². The van der Waals surface area contributed by atoms with Gasteiger partial charge in [0.15, 0.2) is 0 Å². The predicted molar refractivity (Wildman–Crippen MR) is 62.0 cm³/mol. The van der Waals surface area contributed by atoms with E-state index in [9.17, 15) is 9.59 Å². The minimum absolute atomic E-state index is 0.136. The van der Waals surface area contributed by atoms with Crippen LogP contribution in [0.5, 0.6) is 0 Å². The Kier molecular flexibility index (Phi) is 3.85. The molecule has 5 nitrogen and oxygen atoms in total. The number of esters is 1. The van der Waals surface area contributed by atoms with Crippen LogP contribution in [0.4, 0.5) is 0 Å². The number of ether oxygens (including phenoxy) is 1. The van der Waals surface area contributed by atoms with Gasteiger partial charge in [0.05, 0.1) is 4.47 Å². The summed E-state index contributed by atoms with van der Waals surface area (Å²) in [6.07, 6.45) is 2.88. The molecule has 0 N–H and O–H groups in total. The zero-order valence-electron chi connectivity index (χ0n) is 9.36. The topological polar surface area (TPSA) is 61.2 Å². The third kappa shape index (κ3) is 4.14. The fraction of sp³-hybridized carbons (Fsp3) is 0.500. The Morgan fingerprint density at radius 2 is 2.19 bits per heavy atom. The van der Waals surface area contributed by atoms with Crippen molar-refractivity contribution in [1.82, 2.24) is 9.55 Å². The maximum Gasteiger partial charge on any atom is 0.348 e. The molecule has 0 radical (unpaired) electrons. The van der Waals surface area contributed by atoms with E-state index in [-0.39, 0.29) is 6.54 Å². The lowest BCUT2D eigenvalue weighted by Gasteiger charge is -2.19. The highest BCUT2D eigenvalue weighted by Crippen LogP contribution is 2.08. The zero-order valence-corrected chi connectivity index (χ0v) is 10.9. The predicted octanol–water partition coefficient (Wildman–Crippen LogP) is 1.35. The van der Waals surface area contributed by atoms with Crippen LogP contribution in [0.15, 0.2) is 21.7 Å². The molecule has 0 amide bonds. The summed E-state index contributed by atoms with van der Waals surface area (Å²) in [6, 6.07) is 0. The maximum absolute atomic E-state index is 11.5. The van der Waals surface area contributed by atoms with E-state index in [1.165, 1.54) is 17.0 Å². The minimum Gasteiger partial charge on any atom is -0.459 e. The van der Waals surface area contributed by atoms with E-state index >= 15 is 0 Å². The highest BCUT2D eigenvalue weighted by molar-refractivity contribution is 9.10. The normalized spacial score (nSPS) is 11.2. The summed E-state index contributed by atoms with van der Waals surface area (Å²) in [5.74, 6) is -0.463. The van der Waals surface area contributed by atoms with Gasteiger partial charge in [0.25, 0.3) is 0 Å². The van der Waals surface area contributed by atoms with Gasteiger partial charge >= 0.3 is 11.7 Å². The summed E-state index contributed by atoms with van der Waals surface area (Å²) in [6.45, 7) is 5.18. The second-order valence-corrected chi connectivity index (χ2v) is 5.18. The number of hydrogen-bond donors (Lipinski definition) is 0. The van der Waals surface area contributed by atoms with Gasteiger partial charge in [-0.25, -0.2) is 9.78 Å². The molecule has 0 spiro atoms. The fourth-order valence-corrected chi connectivity index (χ4v) is 1.40. The van der Waals surface area contributed by atoms with Gasteiger partial charge in [0, 0.05) is 12.4 Å². The standard InChI is InChI=1S/C10H13BrN2O3/c1-10(2,3)16-8(14)6-13-5-7(11)4-12-9(13)15/h4-5H,6H2,1-3H3. The van der Waals surface area contributed by atoms with Crippen molar-refractivity contribution < 1.29 is 9.53 Å². The molecule has 0 atom stereocenters. The molecule has 0 unspecified atom stereocenters. The number of nitrogens with zero attached hydrogens (tertiary/aromatic N) is 2. The number of carbonyl (C=O) groups is 1. The monoisotopic (exact) mass is 288 g/mol. The van der Waals surface area contributed by atoms with Crippen LogP contribution in [-0.2, 0) is 16.1 Å². The first-order valence-corrected chi connectivity index (χ1v) is 5.51. The Hall–Kier alpha value is -1.17. The molecule has 0 saturated carbocycles. The Morgan fingerprint density at radius 3 is 2.75 bits per heavy atom. The van der Waals surface area contributed by atoms with Crippen LogP contribution in [-0.4, -0.2) is 21.1 Å². The second kappa shape index (κ2) is 4.78. The number of rotatable bonds is 2. The number of carbonyl (C=O) groups excluding carboxylic acids is 1. The molecule has 6 heteroatoms. The smallest absolute Gasteiger partial charge is 0.348 e. The Morgan fingerprint density at radius 1 is 1.56 bits per heavy atom. The van der Waals surface area contributed by atoms with Crippen molar-refractivity contribution in [3.63, 3.8) is 0 Å². The third-order valence-corrected chi connectivity index (χ3v) is 1.95. The van der Waals surface area contributed by atoms with E-state index in [1.54, 1.807) is 20.8 Å².